The fraction of sp³-hybridized carbons (Fsp3) is 0.500. The predicted octanol–water partition coefficient (Wildman–Crippen LogP) is 3.07. The van der Waals surface area contributed by atoms with E-state index >= 15 is 0 Å². The number of aliphatic imine (C=N–C) groups is 1. The van der Waals surface area contributed by atoms with Gasteiger partial charge in [0.15, 0.2) is 5.96 Å². The Hall–Kier alpha value is -1.31. The molecule has 1 rings (SSSR count). The van der Waals surface area contributed by atoms with E-state index in [0.29, 0.717) is 6.54 Å². The van der Waals surface area contributed by atoms with Gasteiger partial charge in [-0.15, -0.1) is 24.0 Å². The standard InChI is InChI=1S/C16H26N4O.HI/c1-5-6-10-20(4)16(17-3)18-12-14-8-7-9-15(11-14)19-13(2)21;/h7-9,11H,5-6,10,12H2,1-4H3,(H,17,18)(H,19,21);1H. The van der Waals surface area contributed by atoms with Crippen LogP contribution in [0, 0.1) is 0 Å². The van der Waals surface area contributed by atoms with Gasteiger partial charge >= 0.3 is 0 Å². The van der Waals surface area contributed by atoms with Gasteiger partial charge in [0.1, 0.15) is 0 Å². The van der Waals surface area contributed by atoms with Crippen LogP contribution in [0.1, 0.15) is 32.3 Å². The maximum Gasteiger partial charge on any atom is 0.221 e. The molecule has 2 N–H and O–H groups in total. The molecule has 0 saturated heterocycles. The first-order valence-electron chi connectivity index (χ1n) is 7.35. The second-order valence-corrected chi connectivity index (χ2v) is 5.06. The monoisotopic (exact) mass is 418 g/mol. The van der Waals surface area contributed by atoms with Crippen LogP contribution in [0.25, 0.3) is 0 Å². The maximum absolute atomic E-state index is 11.1. The van der Waals surface area contributed by atoms with E-state index in [1.165, 1.54) is 13.3 Å². The van der Waals surface area contributed by atoms with Crippen molar-refractivity contribution in [2.24, 2.45) is 4.99 Å². The molecule has 0 heterocycles. The maximum atomic E-state index is 11.1. The van der Waals surface area contributed by atoms with Crippen molar-refractivity contribution in [3.8, 4) is 0 Å². The van der Waals surface area contributed by atoms with Crippen LogP contribution >= 0.6 is 24.0 Å². The zero-order valence-corrected chi connectivity index (χ0v) is 16.2. The van der Waals surface area contributed by atoms with Gasteiger partial charge in [0, 0.05) is 39.8 Å². The number of nitrogens with one attached hydrogen (secondary N) is 2. The summed E-state index contributed by atoms with van der Waals surface area (Å²) in [4.78, 5) is 17.5. The number of anilines is 1. The fourth-order valence-electron chi connectivity index (χ4n) is 2.03. The molecule has 0 atom stereocenters. The van der Waals surface area contributed by atoms with E-state index in [9.17, 15) is 4.79 Å². The van der Waals surface area contributed by atoms with Gasteiger partial charge in [0.25, 0.3) is 0 Å². The summed E-state index contributed by atoms with van der Waals surface area (Å²) in [6.07, 6.45) is 2.31. The molecule has 6 heteroatoms. The Morgan fingerprint density at radius 1 is 1.36 bits per heavy atom. The summed E-state index contributed by atoms with van der Waals surface area (Å²) < 4.78 is 0. The highest BCUT2D eigenvalue weighted by Gasteiger charge is 2.05. The molecular weight excluding hydrogens is 391 g/mol. The van der Waals surface area contributed by atoms with Crippen LogP contribution in [0.3, 0.4) is 0 Å². The average molecular weight is 418 g/mol. The molecule has 0 unspecified atom stereocenters. The van der Waals surface area contributed by atoms with E-state index in [1.54, 1.807) is 7.05 Å². The summed E-state index contributed by atoms with van der Waals surface area (Å²) >= 11 is 0. The van der Waals surface area contributed by atoms with E-state index in [2.05, 4.69) is 27.4 Å². The molecule has 0 aromatic heterocycles. The summed E-state index contributed by atoms with van der Waals surface area (Å²) in [7, 11) is 3.83. The molecule has 0 aliphatic heterocycles. The van der Waals surface area contributed by atoms with Crippen molar-refractivity contribution >= 4 is 41.5 Å². The number of carbonyl (C=O) groups excluding carboxylic acids is 1. The summed E-state index contributed by atoms with van der Waals surface area (Å²) in [5, 5.41) is 6.13. The highest BCUT2D eigenvalue weighted by atomic mass is 127. The van der Waals surface area contributed by atoms with Crippen LogP contribution < -0.4 is 10.6 Å². The average Bonchev–Trinajstić information content (AvgIpc) is 2.45. The van der Waals surface area contributed by atoms with Gasteiger partial charge in [0.2, 0.25) is 5.91 Å². The summed E-state index contributed by atoms with van der Waals surface area (Å²) in [5.74, 6) is 0.823. The number of carbonyl (C=O) groups is 1. The lowest BCUT2D eigenvalue weighted by Crippen LogP contribution is -2.38. The number of nitrogens with zero attached hydrogens (tertiary/aromatic N) is 2. The van der Waals surface area contributed by atoms with Crippen LogP contribution in [0.15, 0.2) is 29.3 Å². The van der Waals surface area contributed by atoms with Crippen LogP contribution in [-0.4, -0.2) is 37.4 Å². The second kappa shape index (κ2) is 11.3. The Morgan fingerprint density at radius 2 is 2.09 bits per heavy atom. The molecule has 0 spiro atoms. The number of hydrogen-bond acceptors (Lipinski definition) is 2. The normalized spacial score (nSPS) is 10.6. The number of hydrogen-bond donors (Lipinski definition) is 2. The third-order valence-electron chi connectivity index (χ3n) is 3.12. The van der Waals surface area contributed by atoms with Crippen LogP contribution in [0.5, 0.6) is 0 Å². The lowest BCUT2D eigenvalue weighted by atomic mass is 10.2. The van der Waals surface area contributed by atoms with Crippen molar-refractivity contribution in [3.05, 3.63) is 29.8 Å². The van der Waals surface area contributed by atoms with Gasteiger partial charge in [0.05, 0.1) is 0 Å². The molecule has 1 amide bonds. The number of guanidine groups is 1. The van der Waals surface area contributed by atoms with E-state index < -0.39 is 0 Å². The van der Waals surface area contributed by atoms with E-state index in [1.807, 2.05) is 31.3 Å². The minimum absolute atomic E-state index is 0. The summed E-state index contributed by atoms with van der Waals surface area (Å²) in [5.41, 5.74) is 1.92. The Balaban J connectivity index is 0.00000441. The van der Waals surface area contributed by atoms with Gasteiger partial charge in [-0.1, -0.05) is 25.5 Å². The Kier molecular flexibility index (Phi) is 10.6. The first-order chi connectivity index (χ1) is 10.1. The first kappa shape index (κ1) is 20.7. The van der Waals surface area contributed by atoms with E-state index in [-0.39, 0.29) is 29.9 Å². The Bertz CT molecular complexity index is 491. The molecule has 0 bridgehead atoms. The Labute approximate surface area is 150 Å². The van der Waals surface area contributed by atoms with Gasteiger partial charge in [-0.3, -0.25) is 9.79 Å². The number of rotatable bonds is 6. The lowest BCUT2D eigenvalue weighted by Gasteiger charge is -2.22. The number of benzene rings is 1. The Morgan fingerprint density at radius 3 is 2.68 bits per heavy atom. The number of unbranched alkanes of at least 4 members (excludes halogenated alkanes) is 1. The van der Waals surface area contributed by atoms with Crippen molar-refractivity contribution in [3.63, 3.8) is 0 Å². The molecule has 0 aliphatic rings. The van der Waals surface area contributed by atoms with Crippen molar-refractivity contribution < 1.29 is 4.79 Å². The first-order valence-corrected chi connectivity index (χ1v) is 7.35. The number of halogens is 1. The molecule has 124 valence electrons. The molecule has 0 saturated carbocycles. The zero-order valence-electron chi connectivity index (χ0n) is 13.8. The smallest absolute Gasteiger partial charge is 0.221 e. The minimum Gasteiger partial charge on any atom is -0.352 e. The highest BCUT2D eigenvalue weighted by Crippen LogP contribution is 2.10. The lowest BCUT2D eigenvalue weighted by molar-refractivity contribution is -0.114. The zero-order chi connectivity index (χ0) is 15.7. The molecule has 1 aromatic rings. The van der Waals surface area contributed by atoms with Crippen molar-refractivity contribution in [2.75, 3.05) is 26.0 Å². The van der Waals surface area contributed by atoms with E-state index in [4.69, 9.17) is 0 Å². The second-order valence-electron chi connectivity index (χ2n) is 5.06. The fourth-order valence-corrected chi connectivity index (χ4v) is 2.03. The summed E-state index contributed by atoms with van der Waals surface area (Å²) in [6, 6.07) is 7.81. The summed E-state index contributed by atoms with van der Waals surface area (Å²) in [6.45, 7) is 5.35. The third kappa shape index (κ3) is 7.63. The molecule has 0 radical (unpaired) electrons. The molecule has 1 aromatic carbocycles. The van der Waals surface area contributed by atoms with Gasteiger partial charge in [-0.25, -0.2) is 0 Å². The third-order valence-corrected chi connectivity index (χ3v) is 3.12. The van der Waals surface area contributed by atoms with Crippen LogP contribution in [0.2, 0.25) is 0 Å². The molecular formula is C16H27IN4O. The SMILES string of the molecule is CCCCN(C)C(=NC)NCc1cccc(NC(C)=O)c1.I. The van der Waals surface area contributed by atoms with Crippen molar-refractivity contribution in [2.45, 2.75) is 33.2 Å². The van der Waals surface area contributed by atoms with Crippen molar-refractivity contribution in [1.82, 2.24) is 10.2 Å². The van der Waals surface area contributed by atoms with Gasteiger partial charge in [-0.05, 0) is 24.1 Å². The topological polar surface area (TPSA) is 56.7 Å². The molecule has 0 fully saturated rings. The molecule has 22 heavy (non-hydrogen) atoms. The van der Waals surface area contributed by atoms with Crippen LogP contribution in [0.4, 0.5) is 5.69 Å². The molecule has 5 nitrogen and oxygen atoms in total. The quantitative estimate of drug-likeness (QED) is 0.424. The van der Waals surface area contributed by atoms with E-state index in [0.717, 1.165) is 30.2 Å². The van der Waals surface area contributed by atoms with Gasteiger partial charge < -0.3 is 15.5 Å². The minimum atomic E-state index is -0.0600. The van der Waals surface area contributed by atoms with Gasteiger partial charge in [-0.2, -0.15) is 0 Å². The largest absolute Gasteiger partial charge is 0.352 e. The highest BCUT2D eigenvalue weighted by molar-refractivity contribution is 14.0. The molecule has 0 aliphatic carbocycles. The number of amides is 1. The van der Waals surface area contributed by atoms with Crippen LogP contribution in [-0.2, 0) is 11.3 Å². The van der Waals surface area contributed by atoms with Crippen molar-refractivity contribution in [1.29, 1.82) is 0 Å². The predicted molar refractivity (Wildman–Crippen MR) is 104 cm³/mol.